The van der Waals surface area contributed by atoms with E-state index in [2.05, 4.69) is 18.0 Å². The highest BCUT2D eigenvalue weighted by molar-refractivity contribution is 6.10. The van der Waals surface area contributed by atoms with E-state index in [1.807, 2.05) is 36.4 Å². The molecule has 0 bridgehead atoms. The van der Waals surface area contributed by atoms with Gasteiger partial charge in [-0.05, 0) is 55.2 Å². The first kappa shape index (κ1) is 17.0. The number of nitrogens with zero attached hydrogens (tertiary/aromatic N) is 2. The van der Waals surface area contributed by atoms with Gasteiger partial charge in [-0.2, -0.15) is 5.26 Å². The minimum Gasteiger partial charge on any atom is -0.454 e. The summed E-state index contributed by atoms with van der Waals surface area (Å²) in [6.45, 7) is 4.17. The Morgan fingerprint density at radius 1 is 1.19 bits per heavy atom. The zero-order chi connectivity index (χ0) is 18.8. The predicted octanol–water partition coefficient (Wildman–Crippen LogP) is 3.68. The zero-order valence-corrected chi connectivity index (χ0v) is 14.6. The third-order valence-corrected chi connectivity index (χ3v) is 4.80. The Labute approximate surface area is 157 Å². The molecule has 0 saturated carbocycles. The van der Waals surface area contributed by atoms with Gasteiger partial charge < -0.3 is 9.47 Å². The van der Waals surface area contributed by atoms with Crippen LogP contribution < -0.4 is 9.47 Å². The smallest absolute Gasteiger partial charge is 0.231 e. The number of carbonyl (C=O) groups is 1. The SMILES string of the molecule is [CH2]C1=C(CCc2ccc3c(c2)OCO3)C=C(c2ccccn2)C(C#N)C1=O. The molecule has 1 unspecified atom stereocenters. The summed E-state index contributed by atoms with van der Waals surface area (Å²) in [7, 11) is 0. The number of hydrogen-bond acceptors (Lipinski definition) is 5. The normalized spacial score (nSPS) is 18.3. The highest BCUT2D eigenvalue weighted by Gasteiger charge is 2.31. The molecule has 2 aliphatic rings. The van der Waals surface area contributed by atoms with Crippen LogP contribution in [0.4, 0.5) is 0 Å². The highest BCUT2D eigenvalue weighted by atomic mass is 16.7. The number of rotatable bonds is 4. The molecule has 4 rings (SSSR count). The molecule has 0 saturated heterocycles. The summed E-state index contributed by atoms with van der Waals surface area (Å²) < 4.78 is 10.7. The van der Waals surface area contributed by atoms with E-state index in [-0.39, 0.29) is 12.6 Å². The van der Waals surface area contributed by atoms with Gasteiger partial charge in [0.15, 0.2) is 17.3 Å². The molecule has 0 spiro atoms. The Morgan fingerprint density at radius 2 is 2.04 bits per heavy atom. The number of hydrogen-bond donors (Lipinski definition) is 0. The minimum absolute atomic E-state index is 0.243. The quantitative estimate of drug-likeness (QED) is 0.835. The number of fused-ring (bicyclic) bond motifs is 1. The topological polar surface area (TPSA) is 72.2 Å². The van der Waals surface area contributed by atoms with Crippen LogP contribution in [0.15, 0.2) is 59.8 Å². The molecule has 0 amide bonds. The van der Waals surface area contributed by atoms with Crippen LogP contribution in [0.1, 0.15) is 17.7 Å². The molecular weight excluding hydrogens is 340 g/mol. The number of Topliss-reactive ketones (excluding diaryl/α,β-unsaturated/α-hetero) is 1. The van der Waals surface area contributed by atoms with E-state index in [0.29, 0.717) is 23.3 Å². The van der Waals surface area contributed by atoms with Crippen LogP contribution in [0, 0.1) is 24.2 Å². The number of aryl methyl sites for hydroxylation is 1. The van der Waals surface area contributed by atoms with Crippen molar-refractivity contribution in [3.63, 3.8) is 0 Å². The Balaban J connectivity index is 1.61. The number of aromatic nitrogens is 1. The Morgan fingerprint density at radius 3 is 2.81 bits per heavy atom. The molecule has 1 aliphatic heterocycles. The predicted molar refractivity (Wildman–Crippen MR) is 99.6 cm³/mol. The van der Waals surface area contributed by atoms with Gasteiger partial charge in [0, 0.05) is 17.3 Å². The Kier molecular flexibility index (Phi) is 4.47. The third-order valence-electron chi connectivity index (χ3n) is 4.80. The largest absolute Gasteiger partial charge is 0.454 e. The van der Waals surface area contributed by atoms with Crippen molar-refractivity contribution >= 4 is 11.4 Å². The van der Waals surface area contributed by atoms with Crippen molar-refractivity contribution in [1.29, 1.82) is 5.26 Å². The fraction of sp³-hybridized carbons (Fsp3) is 0.182. The maximum absolute atomic E-state index is 12.7. The second-order valence-electron chi connectivity index (χ2n) is 6.43. The van der Waals surface area contributed by atoms with Gasteiger partial charge >= 0.3 is 0 Å². The number of pyridine rings is 1. The standard InChI is InChI=1S/C22H17N2O3/c1-14-16(7-5-15-6-8-20-21(10-15)27-13-26-20)11-17(18(12-23)22(14)25)19-4-2-3-9-24-19/h2-4,6,8-11,18H,1,5,7,13H2. The van der Waals surface area contributed by atoms with E-state index in [0.717, 1.165) is 29.1 Å². The lowest BCUT2D eigenvalue weighted by Crippen LogP contribution is -2.21. The second kappa shape index (κ2) is 7.08. The molecule has 2 aromatic rings. The van der Waals surface area contributed by atoms with Gasteiger partial charge in [-0.15, -0.1) is 0 Å². The maximum atomic E-state index is 12.7. The van der Waals surface area contributed by atoms with Crippen LogP contribution in [0.5, 0.6) is 11.5 Å². The Hall–Kier alpha value is -3.39. The lowest BCUT2D eigenvalue weighted by atomic mass is 9.80. The molecule has 0 N–H and O–H groups in total. The van der Waals surface area contributed by atoms with Gasteiger partial charge in [-0.25, -0.2) is 0 Å². The molecule has 133 valence electrons. The number of ether oxygens (including phenoxy) is 2. The van der Waals surface area contributed by atoms with Crippen molar-refractivity contribution in [1.82, 2.24) is 4.98 Å². The maximum Gasteiger partial charge on any atom is 0.231 e. The summed E-state index contributed by atoms with van der Waals surface area (Å²) in [5.41, 5.74) is 3.61. The first-order chi connectivity index (χ1) is 13.2. The van der Waals surface area contributed by atoms with Crippen LogP contribution in [-0.4, -0.2) is 17.6 Å². The molecule has 0 fully saturated rings. The number of allylic oxidation sites excluding steroid dienone is 4. The highest BCUT2D eigenvalue weighted by Crippen LogP contribution is 2.35. The van der Waals surface area contributed by atoms with Gasteiger partial charge in [0.25, 0.3) is 0 Å². The first-order valence-electron chi connectivity index (χ1n) is 8.68. The number of ketones is 1. The first-order valence-corrected chi connectivity index (χ1v) is 8.68. The molecule has 27 heavy (non-hydrogen) atoms. The average molecular weight is 357 g/mol. The van der Waals surface area contributed by atoms with Gasteiger partial charge in [0.2, 0.25) is 6.79 Å². The molecule has 2 heterocycles. The van der Waals surface area contributed by atoms with E-state index in [9.17, 15) is 10.1 Å². The van der Waals surface area contributed by atoms with Crippen LogP contribution >= 0.6 is 0 Å². The van der Waals surface area contributed by atoms with Crippen molar-refractivity contribution in [2.24, 2.45) is 5.92 Å². The average Bonchev–Trinajstić information content (AvgIpc) is 3.17. The van der Waals surface area contributed by atoms with E-state index in [4.69, 9.17) is 9.47 Å². The molecular formula is C22H17N2O3. The molecule has 1 aliphatic carbocycles. The fourth-order valence-electron chi connectivity index (χ4n) is 3.31. The number of nitriles is 1. The van der Waals surface area contributed by atoms with Gasteiger partial charge in [-0.1, -0.05) is 18.2 Å². The van der Waals surface area contributed by atoms with Gasteiger partial charge in [0.1, 0.15) is 5.92 Å². The summed E-state index contributed by atoms with van der Waals surface area (Å²) in [5, 5.41) is 9.48. The summed E-state index contributed by atoms with van der Waals surface area (Å²) in [6, 6.07) is 13.4. The van der Waals surface area contributed by atoms with Crippen molar-refractivity contribution in [2.45, 2.75) is 12.8 Å². The van der Waals surface area contributed by atoms with Crippen molar-refractivity contribution in [3.8, 4) is 17.6 Å². The van der Waals surface area contributed by atoms with E-state index >= 15 is 0 Å². The summed E-state index contributed by atoms with van der Waals surface area (Å²) >= 11 is 0. The molecule has 1 radical (unpaired) electrons. The molecule has 1 aromatic heterocycles. The van der Waals surface area contributed by atoms with Crippen molar-refractivity contribution < 1.29 is 14.3 Å². The van der Waals surface area contributed by atoms with Gasteiger partial charge in [0.05, 0.1) is 11.8 Å². The summed E-state index contributed by atoms with van der Waals surface area (Å²) in [6.07, 6.45) is 4.91. The van der Waals surface area contributed by atoms with Crippen LogP contribution in [0.2, 0.25) is 0 Å². The molecule has 5 heteroatoms. The lowest BCUT2D eigenvalue weighted by Gasteiger charge is -2.21. The fourth-order valence-corrected chi connectivity index (χ4v) is 3.31. The minimum atomic E-state index is -0.860. The Bertz CT molecular complexity index is 1000. The summed E-state index contributed by atoms with van der Waals surface area (Å²) in [4.78, 5) is 17.0. The van der Waals surface area contributed by atoms with Crippen LogP contribution in [-0.2, 0) is 11.2 Å². The molecule has 1 aromatic carbocycles. The molecule has 1 atom stereocenters. The molecule has 5 nitrogen and oxygen atoms in total. The van der Waals surface area contributed by atoms with E-state index in [1.165, 1.54) is 0 Å². The van der Waals surface area contributed by atoms with E-state index in [1.54, 1.807) is 12.3 Å². The third kappa shape index (κ3) is 3.22. The number of carbonyl (C=O) groups excluding carboxylic acids is 1. The van der Waals surface area contributed by atoms with E-state index < -0.39 is 5.92 Å². The van der Waals surface area contributed by atoms with Crippen molar-refractivity contribution in [3.05, 3.63) is 78.0 Å². The van der Waals surface area contributed by atoms with Crippen molar-refractivity contribution in [2.75, 3.05) is 6.79 Å². The lowest BCUT2D eigenvalue weighted by molar-refractivity contribution is -0.116. The van der Waals surface area contributed by atoms with Crippen LogP contribution in [0.25, 0.3) is 5.57 Å². The zero-order valence-electron chi connectivity index (χ0n) is 14.6. The van der Waals surface area contributed by atoms with Gasteiger partial charge in [-0.3, -0.25) is 9.78 Å². The van der Waals surface area contributed by atoms with Crippen LogP contribution in [0.3, 0.4) is 0 Å². The monoisotopic (exact) mass is 357 g/mol. The number of benzene rings is 1. The summed E-state index contributed by atoms with van der Waals surface area (Å²) in [5.74, 6) is 0.381. The second-order valence-corrected chi connectivity index (χ2v) is 6.43.